The summed E-state index contributed by atoms with van der Waals surface area (Å²) in [6.45, 7) is 0. The van der Waals surface area contributed by atoms with Gasteiger partial charge in [0.15, 0.2) is 0 Å². The first-order valence-corrected chi connectivity index (χ1v) is 17.2. The molecule has 52 heavy (non-hydrogen) atoms. The molecule has 1 heterocycles. The van der Waals surface area contributed by atoms with Crippen molar-refractivity contribution in [1.82, 2.24) is 4.98 Å². The van der Waals surface area contributed by atoms with E-state index in [1.807, 2.05) is 18.2 Å². The predicted octanol–water partition coefficient (Wildman–Crippen LogP) is 9.61. The molecule has 0 fully saturated rings. The van der Waals surface area contributed by atoms with Crippen molar-refractivity contribution in [1.29, 1.82) is 0 Å². The Morgan fingerprint density at radius 2 is 0.885 bits per heavy atom. The smallest absolute Gasteiger partial charge is 0.871 e. The van der Waals surface area contributed by atoms with Gasteiger partial charge in [0, 0.05) is 6.20 Å². The van der Waals surface area contributed by atoms with Crippen molar-refractivity contribution in [3.8, 4) is 39.1 Å². The van der Waals surface area contributed by atoms with Gasteiger partial charge in [-0.3, -0.25) is 4.98 Å². The molecule has 0 bridgehead atoms. The van der Waals surface area contributed by atoms with Crippen molar-refractivity contribution < 1.29 is 24.0 Å². The maximum Gasteiger partial charge on any atom is 1.00 e. The van der Waals surface area contributed by atoms with Gasteiger partial charge in [0.2, 0.25) is 0 Å². The Labute approximate surface area is 314 Å². The predicted molar refractivity (Wildman–Crippen MR) is 214 cm³/mol. The Morgan fingerprint density at radius 3 is 1.60 bits per heavy atom. The molecule has 2 nitrogen and oxygen atoms in total. The van der Waals surface area contributed by atoms with Crippen LogP contribution in [0.3, 0.4) is 0 Å². The summed E-state index contributed by atoms with van der Waals surface area (Å²) < 4.78 is 0. The average molecular weight is 658 g/mol. The zero-order chi connectivity index (χ0) is 34.1. The Balaban J connectivity index is 0.000000276. The first kappa shape index (κ1) is 33.0. The van der Waals surface area contributed by atoms with Crippen molar-refractivity contribution in [2.45, 2.75) is 0 Å². The fourth-order valence-corrected chi connectivity index (χ4v) is 7.47. The maximum absolute atomic E-state index is 11.1. The molecule has 0 unspecified atom stereocenters. The van der Waals surface area contributed by atoms with E-state index < -0.39 is 0 Å². The number of nitrogens with zero attached hydrogens (tertiary/aromatic N) is 1. The number of rotatable bonds is 3. The quantitative estimate of drug-likeness (QED) is 0.140. The van der Waals surface area contributed by atoms with Crippen molar-refractivity contribution >= 4 is 54.0 Å². The SMILES string of the molecule is [Li+].[O-]c1cccc2cccnc12.c1ccc(-c2c3ccccc3c(-c3ccc4cccc(-c5ccc6ccccc6c5)c4c3)c3ccccc23)cc1. The van der Waals surface area contributed by atoms with E-state index in [0.29, 0.717) is 5.52 Å². The molecule has 0 aliphatic carbocycles. The minimum Gasteiger partial charge on any atom is -0.871 e. The van der Waals surface area contributed by atoms with Gasteiger partial charge in [0.05, 0.1) is 5.52 Å². The molecule has 0 aliphatic rings. The van der Waals surface area contributed by atoms with E-state index in [0.717, 1.165) is 5.39 Å². The number of para-hydroxylation sites is 1. The Kier molecular flexibility index (Phi) is 9.02. The number of pyridine rings is 1. The van der Waals surface area contributed by atoms with Gasteiger partial charge in [0.1, 0.15) is 0 Å². The molecule has 0 radical (unpaired) electrons. The molecule has 1 aromatic heterocycles. The molecule has 0 N–H and O–H groups in total. The third-order valence-corrected chi connectivity index (χ3v) is 9.82. The molecular formula is C49H32LiNO. The molecule has 10 aromatic rings. The molecule has 3 heteroatoms. The number of fused-ring (bicyclic) bond motifs is 5. The van der Waals surface area contributed by atoms with Gasteiger partial charge in [-0.05, 0) is 100 Å². The molecule has 0 atom stereocenters. The van der Waals surface area contributed by atoms with Gasteiger partial charge in [-0.1, -0.05) is 176 Å². The topological polar surface area (TPSA) is 36.0 Å². The monoisotopic (exact) mass is 657 g/mol. The Morgan fingerprint density at radius 1 is 0.346 bits per heavy atom. The molecule has 0 aliphatic heterocycles. The zero-order valence-electron chi connectivity index (χ0n) is 28.8. The van der Waals surface area contributed by atoms with Gasteiger partial charge >= 0.3 is 18.9 Å². The fourth-order valence-electron chi connectivity index (χ4n) is 7.47. The third kappa shape index (κ3) is 5.99. The van der Waals surface area contributed by atoms with Crippen LogP contribution in [0.25, 0.3) is 87.4 Å². The minimum atomic E-state index is -0.0110. The number of benzene rings is 9. The van der Waals surface area contributed by atoms with Crippen LogP contribution in [0.2, 0.25) is 0 Å². The fraction of sp³-hybridized carbons (Fsp3) is 0. The molecule has 9 aromatic carbocycles. The largest absolute Gasteiger partial charge is 1.00 e. The summed E-state index contributed by atoms with van der Waals surface area (Å²) in [5, 5.41) is 22.2. The second kappa shape index (κ2) is 14.2. The third-order valence-electron chi connectivity index (χ3n) is 9.82. The molecule has 0 spiro atoms. The van der Waals surface area contributed by atoms with E-state index in [4.69, 9.17) is 0 Å². The summed E-state index contributed by atoms with van der Waals surface area (Å²) in [5.74, 6) is -0.0110. The van der Waals surface area contributed by atoms with Gasteiger partial charge in [0.25, 0.3) is 0 Å². The van der Waals surface area contributed by atoms with Crippen LogP contribution in [-0.2, 0) is 0 Å². The van der Waals surface area contributed by atoms with E-state index >= 15 is 0 Å². The minimum absolute atomic E-state index is 0. The van der Waals surface area contributed by atoms with Crippen molar-refractivity contribution in [3.05, 3.63) is 194 Å². The molecule has 0 saturated carbocycles. The van der Waals surface area contributed by atoms with E-state index in [1.165, 1.54) is 82.5 Å². The summed E-state index contributed by atoms with van der Waals surface area (Å²) in [4.78, 5) is 3.97. The molecule has 10 rings (SSSR count). The Hall–Kier alpha value is -6.17. The summed E-state index contributed by atoms with van der Waals surface area (Å²) in [5.41, 5.74) is 8.14. The van der Waals surface area contributed by atoms with Crippen LogP contribution in [0.4, 0.5) is 0 Å². The second-order valence-electron chi connectivity index (χ2n) is 12.8. The number of aromatic nitrogens is 1. The van der Waals surface area contributed by atoms with Crippen molar-refractivity contribution in [3.63, 3.8) is 0 Å². The Bertz CT molecular complexity index is 2820. The van der Waals surface area contributed by atoms with Crippen LogP contribution in [0.1, 0.15) is 0 Å². The van der Waals surface area contributed by atoms with Crippen LogP contribution in [0.15, 0.2) is 194 Å². The molecule has 240 valence electrons. The zero-order valence-corrected chi connectivity index (χ0v) is 28.8. The number of hydrogen-bond donors (Lipinski definition) is 0. The van der Waals surface area contributed by atoms with Gasteiger partial charge in [-0.25, -0.2) is 0 Å². The maximum atomic E-state index is 11.1. The summed E-state index contributed by atoms with van der Waals surface area (Å²) in [6.07, 6.45) is 1.63. The van der Waals surface area contributed by atoms with E-state index in [9.17, 15) is 5.11 Å². The van der Waals surface area contributed by atoms with Crippen LogP contribution in [0.5, 0.6) is 5.75 Å². The van der Waals surface area contributed by atoms with Crippen LogP contribution < -0.4 is 24.0 Å². The summed E-state index contributed by atoms with van der Waals surface area (Å²) in [6, 6.07) is 66.4. The molecular weight excluding hydrogens is 625 g/mol. The molecule has 0 amide bonds. The van der Waals surface area contributed by atoms with E-state index in [1.54, 1.807) is 12.3 Å². The first-order chi connectivity index (χ1) is 25.2. The van der Waals surface area contributed by atoms with Crippen LogP contribution >= 0.6 is 0 Å². The van der Waals surface area contributed by atoms with Gasteiger partial charge < -0.3 is 5.11 Å². The summed E-state index contributed by atoms with van der Waals surface area (Å²) >= 11 is 0. The van der Waals surface area contributed by atoms with E-state index in [-0.39, 0.29) is 24.6 Å². The molecule has 0 saturated heterocycles. The van der Waals surface area contributed by atoms with Gasteiger partial charge in [-0.2, -0.15) is 0 Å². The standard InChI is InChI=1S/C40H26.C9H7NO.Li/c1-2-12-29(13-3-1)39-34-16-6-8-18-36(34)40(37-19-9-7-17-35(37)39)32-24-22-28-15-10-20-33(38(28)26-32)31-23-21-27-11-4-5-14-30(27)25-31;11-8-5-1-3-7-4-2-6-10-9(7)8;/h1-26H;1-6,11H;/q;;+1/p-1. The second-order valence-corrected chi connectivity index (χ2v) is 12.8. The van der Waals surface area contributed by atoms with Crippen LogP contribution in [-0.4, -0.2) is 4.98 Å². The first-order valence-electron chi connectivity index (χ1n) is 17.2. The van der Waals surface area contributed by atoms with Crippen molar-refractivity contribution in [2.24, 2.45) is 0 Å². The average Bonchev–Trinajstić information content (AvgIpc) is 3.20. The van der Waals surface area contributed by atoms with Crippen LogP contribution in [0, 0.1) is 0 Å². The normalized spacial score (nSPS) is 11.0. The summed E-state index contributed by atoms with van der Waals surface area (Å²) in [7, 11) is 0. The number of hydrogen-bond acceptors (Lipinski definition) is 2. The van der Waals surface area contributed by atoms with E-state index in [2.05, 4.69) is 163 Å². The van der Waals surface area contributed by atoms with Crippen molar-refractivity contribution in [2.75, 3.05) is 0 Å². The van der Waals surface area contributed by atoms with Gasteiger partial charge in [-0.15, -0.1) is 0 Å².